The number of nitrogens with two attached hydrogens (primary N) is 1. The topological polar surface area (TPSA) is 46.3 Å². The summed E-state index contributed by atoms with van der Waals surface area (Å²) < 4.78 is 0. The molecular formula is C15H17ClN2OS. The van der Waals surface area contributed by atoms with Crippen LogP contribution in [0.15, 0.2) is 35.7 Å². The third-order valence-electron chi connectivity index (χ3n) is 3.28. The van der Waals surface area contributed by atoms with E-state index in [1.54, 1.807) is 41.5 Å². The first-order valence-electron chi connectivity index (χ1n) is 6.33. The van der Waals surface area contributed by atoms with E-state index in [1.807, 2.05) is 18.4 Å². The van der Waals surface area contributed by atoms with E-state index in [2.05, 4.69) is 6.07 Å². The van der Waals surface area contributed by atoms with Crippen molar-refractivity contribution >= 4 is 34.5 Å². The van der Waals surface area contributed by atoms with Crippen molar-refractivity contribution in [3.05, 3.63) is 51.2 Å². The van der Waals surface area contributed by atoms with Crippen LogP contribution >= 0.6 is 22.9 Å². The highest BCUT2D eigenvalue weighted by atomic mass is 35.5. The zero-order chi connectivity index (χ0) is 14.7. The summed E-state index contributed by atoms with van der Waals surface area (Å²) in [7, 11) is 1.80. The molecule has 1 aromatic carbocycles. The zero-order valence-corrected chi connectivity index (χ0v) is 13.0. The summed E-state index contributed by atoms with van der Waals surface area (Å²) in [5.41, 5.74) is 6.69. The number of carbonyl (C=O) groups is 1. The fourth-order valence-electron chi connectivity index (χ4n) is 1.95. The number of benzene rings is 1. The van der Waals surface area contributed by atoms with Gasteiger partial charge in [-0.05, 0) is 36.6 Å². The first-order chi connectivity index (χ1) is 9.49. The van der Waals surface area contributed by atoms with Crippen LogP contribution in [0.25, 0.3) is 0 Å². The van der Waals surface area contributed by atoms with Crippen LogP contribution in [0.5, 0.6) is 0 Å². The zero-order valence-electron chi connectivity index (χ0n) is 11.5. The molecule has 0 radical (unpaired) electrons. The van der Waals surface area contributed by atoms with E-state index >= 15 is 0 Å². The molecule has 0 bridgehead atoms. The lowest BCUT2D eigenvalue weighted by atomic mass is 10.1. The Bertz CT molecular complexity index is 598. The van der Waals surface area contributed by atoms with Crippen molar-refractivity contribution in [1.29, 1.82) is 0 Å². The second kappa shape index (κ2) is 6.29. The van der Waals surface area contributed by atoms with Gasteiger partial charge in [0.2, 0.25) is 0 Å². The van der Waals surface area contributed by atoms with E-state index < -0.39 is 0 Å². The van der Waals surface area contributed by atoms with E-state index in [0.717, 1.165) is 6.42 Å². The summed E-state index contributed by atoms with van der Waals surface area (Å²) in [6.45, 7) is 2.03. The van der Waals surface area contributed by atoms with Gasteiger partial charge < -0.3 is 10.6 Å². The fraction of sp³-hybridized carbons (Fsp3) is 0.267. The summed E-state index contributed by atoms with van der Waals surface area (Å²) in [5, 5.41) is 2.44. The summed E-state index contributed by atoms with van der Waals surface area (Å²) in [6, 6.07) is 9.17. The van der Waals surface area contributed by atoms with Crippen LogP contribution in [0, 0.1) is 0 Å². The van der Waals surface area contributed by atoms with Gasteiger partial charge in [0.25, 0.3) is 5.91 Å². The lowest BCUT2D eigenvalue weighted by Gasteiger charge is -2.25. The summed E-state index contributed by atoms with van der Waals surface area (Å²) >= 11 is 7.79. The Hall–Kier alpha value is -1.52. The lowest BCUT2D eigenvalue weighted by Crippen LogP contribution is -2.36. The Labute approximate surface area is 128 Å². The molecule has 5 heteroatoms. The maximum atomic E-state index is 12.5. The minimum Gasteiger partial charge on any atom is -0.399 e. The number of hydrogen-bond donors (Lipinski definition) is 1. The Balaban J connectivity index is 2.11. The van der Waals surface area contributed by atoms with Crippen molar-refractivity contribution in [2.75, 3.05) is 12.8 Å². The van der Waals surface area contributed by atoms with Gasteiger partial charge in [-0.15, -0.1) is 11.3 Å². The fourth-order valence-corrected chi connectivity index (χ4v) is 3.05. The predicted molar refractivity (Wildman–Crippen MR) is 85.4 cm³/mol. The first kappa shape index (κ1) is 14.9. The Morgan fingerprint density at radius 2 is 2.20 bits per heavy atom. The molecule has 2 N–H and O–H groups in total. The SMILES string of the molecule is CC(Cc1cccs1)N(C)C(=O)c1ccc(N)cc1Cl. The van der Waals surface area contributed by atoms with Crippen molar-refractivity contribution in [2.45, 2.75) is 19.4 Å². The van der Waals surface area contributed by atoms with Gasteiger partial charge in [-0.1, -0.05) is 17.7 Å². The number of halogens is 1. The van der Waals surface area contributed by atoms with Crippen molar-refractivity contribution in [3.8, 4) is 0 Å². The van der Waals surface area contributed by atoms with Crippen molar-refractivity contribution in [1.82, 2.24) is 4.90 Å². The second-order valence-electron chi connectivity index (χ2n) is 4.79. The number of thiophene rings is 1. The number of amides is 1. The van der Waals surface area contributed by atoms with Crippen LogP contribution in [-0.2, 0) is 6.42 Å². The molecule has 0 fully saturated rings. The van der Waals surface area contributed by atoms with Crippen LogP contribution in [0.3, 0.4) is 0 Å². The minimum atomic E-state index is -0.0842. The van der Waals surface area contributed by atoms with E-state index in [-0.39, 0.29) is 11.9 Å². The number of hydrogen-bond acceptors (Lipinski definition) is 3. The van der Waals surface area contributed by atoms with E-state index in [0.29, 0.717) is 16.3 Å². The Morgan fingerprint density at radius 1 is 1.45 bits per heavy atom. The number of likely N-dealkylation sites (N-methyl/N-ethyl adjacent to an activating group) is 1. The average Bonchev–Trinajstić information content (AvgIpc) is 2.90. The average molecular weight is 309 g/mol. The second-order valence-corrected chi connectivity index (χ2v) is 6.23. The Morgan fingerprint density at radius 3 is 2.80 bits per heavy atom. The molecular weight excluding hydrogens is 292 g/mol. The molecule has 0 saturated carbocycles. The maximum Gasteiger partial charge on any atom is 0.255 e. The molecule has 0 aliphatic heterocycles. The van der Waals surface area contributed by atoms with Gasteiger partial charge in [0.1, 0.15) is 0 Å². The summed E-state index contributed by atoms with van der Waals surface area (Å²) in [6.07, 6.45) is 0.840. The standard InChI is InChI=1S/C15H17ClN2OS/c1-10(8-12-4-3-7-20-12)18(2)15(19)13-6-5-11(17)9-14(13)16/h3-7,9-10H,8,17H2,1-2H3. The number of carbonyl (C=O) groups excluding carboxylic acids is 1. The lowest BCUT2D eigenvalue weighted by molar-refractivity contribution is 0.0744. The molecule has 20 heavy (non-hydrogen) atoms. The molecule has 1 atom stereocenters. The van der Waals surface area contributed by atoms with Crippen LogP contribution in [0.2, 0.25) is 5.02 Å². The molecule has 0 saturated heterocycles. The third-order valence-corrected chi connectivity index (χ3v) is 4.49. The molecule has 1 unspecified atom stereocenters. The highest BCUT2D eigenvalue weighted by Gasteiger charge is 2.20. The van der Waals surface area contributed by atoms with Gasteiger partial charge in [0.15, 0.2) is 0 Å². The third kappa shape index (κ3) is 3.32. The maximum absolute atomic E-state index is 12.5. The quantitative estimate of drug-likeness (QED) is 0.876. The van der Waals surface area contributed by atoms with Gasteiger partial charge in [-0.3, -0.25) is 4.79 Å². The van der Waals surface area contributed by atoms with Gasteiger partial charge in [-0.2, -0.15) is 0 Å². The highest BCUT2D eigenvalue weighted by Crippen LogP contribution is 2.22. The van der Waals surface area contributed by atoms with Crippen molar-refractivity contribution in [3.63, 3.8) is 0 Å². The van der Waals surface area contributed by atoms with E-state index in [4.69, 9.17) is 17.3 Å². The van der Waals surface area contributed by atoms with Crippen molar-refractivity contribution < 1.29 is 4.79 Å². The predicted octanol–water partition coefficient (Wildman–Crippen LogP) is 3.69. The van der Waals surface area contributed by atoms with Gasteiger partial charge in [-0.25, -0.2) is 0 Å². The summed E-state index contributed by atoms with van der Waals surface area (Å²) in [4.78, 5) is 15.4. The highest BCUT2D eigenvalue weighted by molar-refractivity contribution is 7.09. The number of nitrogen functional groups attached to an aromatic ring is 1. The van der Waals surface area contributed by atoms with E-state index in [9.17, 15) is 4.79 Å². The van der Waals surface area contributed by atoms with Crippen molar-refractivity contribution in [2.24, 2.45) is 0 Å². The molecule has 1 aromatic heterocycles. The monoisotopic (exact) mass is 308 g/mol. The molecule has 2 aromatic rings. The summed E-state index contributed by atoms with van der Waals surface area (Å²) in [5.74, 6) is -0.0842. The molecule has 3 nitrogen and oxygen atoms in total. The van der Waals surface area contributed by atoms with Crippen LogP contribution in [0.1, 0.15) is 22.2 Å². The molecule has 2 rings (SSSR count). The van der Waals surface area contributed by atoms with Gasteiger partial charge in [0, 0.05) is 30.1 Å². The van der Waals surface area contributed by atoms with Gasteiger partial charge in [0.05, 0.1) is 10.6 Å². The molecule has 1 amide bonds. The van der Waals surface area contributed by atoms with Crippen LogP contribution in [-0.4, -0.2) is 23.9 Å². The Kier molecular flexibility index (Phi) is 4.68. The van der Waals surface area contributed by atoms with Gasteiger partial charge >= 0.3 is 0 Å². The number of nitrogens with zero attached hydrogens (tertiary/aromatic N) is 1. The van der Waals surface area contributed by atoms with Crippen LogP contribution in [0.4, 0.5) is 5.69 Å². The molecule has 106 valence electrons. The number of rotatable bonds is 4. The molecule has 0 spiro atoms. The smallest absolute Gasteiger partial charge is 0.255 e. The van der Waals surface area contributed by atoms with Crippen LogP contribution < -0.4 is 5.73 Å². The largest absolute Gasteiger partial charge is 0.399 e. The normalized spacial score (nSPS) is 12.2. The molecule has 1 heterocycles. The first-order valence-corrected chi connectivity index (χ1v) is 7.59. The van der Waals surface area contributed by atoms with E-state index in [1.165, 1.54) is 4.88 Å². The molecule has 0 aliphatic rings. The molecule has 0 aliphatic carbocycles. The minimum absolute atomic E-state index is 0.0842. The number of anilines is 1.